The molecule has 11 heteroatoms. The van der Waals surface area contributed by atoms with Crippen molar-refractivity contribution in [3.05, 3.63) is 59.3 Å². The van der Waals surface area contributed by atoms with E-state index >= 15 is 0 Å². The third-order valence-corrected chi connectivity index (χ3v) is 6.77. The topological polar surface area (TPSA) is 129 Å². The summed E-state index contributed by atoms with van der Waals surface area (Å²) in [5.74, 6) is -0.529. The van der Waals surface area contributed by atoms with E-state index in [9.17, 15) is 18.0 Å². The molecule has 34 heavy (non-hydrogen) atoms. The molecule has 1 atom stereocenters. The van der Waals surface area contributed by atoms with Gasteiger partial charge in [0.05, 0.1) is 45.3 Å². The van der Waals surface area contributed by atoms with Crippen LogP contribution in [-0.4, -0.2) is 54.1 Å². The van der Waals surface area contributed by atoms with Crippen molar-refractivity contribution < 1.29 is 37.0 Å². The van der Waals surface area contributed by atoms with Gasteiger partial charge in [-0.05, 0) is 36.8 Å². The molecule has 1 unspecified atom stereocenters. The van der Waals surface area contributed by atoms with Gasteiger partial charge in [0.2, 0.25) is 0 Å². The highest BCUT2D eigenvalue weighted by Gasteiger charge is 2.36. The zero-order valence-electron chi connectivity index (χ0n) is 19.2. The number of urea groups is 1. The Bertz CT molecular complexity index is 1220. The minimum absolute atomic E-state index is 0.0276. The number of carbonyl (C=O) groups is 2. The molecule has 2 aromatic carbocycles. The first-order valence-electron chi connectivity index (χ1n) is 10.3. The van der Waals surface area contributed by atoms with E-state index in [1.54, 1.807) is 37.3 Å². The van der Waals surface area contributed by atoms with Gasteiger partial charge >= 0.3 is 12.0 Å². The number of rotatable bonds is 9. The van der Waals surface area contributed by atoms with Crippen LogP contribution in [0.1, 0.15) is 18.5 Å². The van der Waals surface area contributed by atoms with E-state index in [0.717, 1.165) is 0 Å². The minimum atomic E-state index is -4.10. The number of methoxy groups -OCH3 is 3. The Balaban J connectivity index is 2.15. The van der Waals surface area contributed by atoms with Crippen molar-refractivity contribution in [1.29, 1.82) is 0 Å². The molecule has 0 aromatic heterocycles. The first kappa shape index (κ1) is 24.9. The average molecular weight is 491 g/mol. The Morgan fingerprint density at radius 3 is 2.35 bits per heavy atom. The number of carbonyl (C=O) groups excluding carboxylic acids is 2. The van der Waals surface area contributed by atoms with Gasteiger partial charge in [-0.3, -0.25) is 0 Å². The summed E-state index contributed by atoms with van der Waals surface area (Å²) >= 11 is 0. The van der Waals surface area contributed by atoms with Crippen LogP contribution in [0.25, 0.3) is 0 Å². The first-order chi connectivity index (χ1) is 16.2. The maximum atomic E-state index is 13.4. The van der Waals surface area contributed by atoms with Crippen molar-refractivity contribution in [2.24, 2.45) is 0 Å². The Hall–Kier alpha value is -3.73. The SMILES string of the molecule is CCOC(=O)C1=C(CS(=O)(=O)c2cc(OC)ccc2OC)NC(=O)NC1c1cccc(OC)c1. The van der Waals surface area contributed by atoms with Gasteiger partial charge < -0.3 is 29.6 Å². The zero-order valence-corrected chi connectivity index (χ0v) is 20.0. The molecule has 2 aromatic rings. The van der Waals surface area contributed by atoms with E-state index < -0.39 is 33.6 Å². The summed E-state index contributed by atoms with van der Waals surface area (Å²) in [7, 11) is 0.142. The van der Waals surface area contributed by atoms with Gasteiger partial charge in [0.1, 0.15) is 22.1 Å². The molecule has 0 fully saturated rings. The molecule has 0 aliphatic carbocycles. The van der Waals surface area contributed by atoms with Crippen LogP contribution in [0.3, 0.4) is 0 Å². The summed E-state index contributed by atoms with van der Waals surface area (Å²) in [5.41, 5.74) is 0.395. The predicted molar refractivity (Wildman–Crippen MR) is 123 cm³/mol. The fourth-order valence-electron chi connectivity index (χ4n) is 3.55. The number of sulfone groups is 1. The van der Waals surface area contributed by atoms with Crippen molar-refractivity contribution in [2.75, 3.05) is 33.7 Å². The smallest absolute Gasteiger partial charge is 0.338 e. The Morgan fingerprint density at radius 1 is 1.00 bits per heavy atom. The molecule has 2 N–H and O–H groups in total. The molecule has 1 aliphatic rings. The molecule has 1 aliphatic heterocycles. The summed E-state index contributed by atoms with van der Waals surface area (Å²) in [5, 5.41) is 5.14. The van der Waals surface area contributed by atoms with Crippen molar-refractivity contribution in [2.45, 2.75) is 17.9 Å². The van der Waals surface area contributed by atoms with Gasteiger partial charge in [-0.25, -0.2) is 18.0 Å². The lowest BCUT2D eigenvalue weighted by atomic mass is 9.95. The third-order valence-electron chi connectivity index (χ3n) is 5.12. The van der Waals surface area contributed by atoms with Crippen LogP contribution in [-0.2, 0) is 19.4 Å². The Kier molecular flexibility index (Phi) is 7.67. The van der Waals surface area contributed by atoms with Crippen LogP contribution in [0.15, 0.2) is 58.6 Å². The monoisotopic (exact) mass is 490 g/mol. The van der Waals surface area contributed by atoms with Crippen molar-refractivity contribution in [3.63, 3.8) is 0 Å². The highest BCUT2D eigenvalue weighted by atomic mass is 32.2. The number of hydrogen-bond acceptors (Lipinski definition) is 8. The minimum Gasteiger partial charge on any atom is -0.497 e. The summed E-state index contributed by atoms with van der Waals surface area (Å²) in [6.07, 6.45) is 0. The second kappa shape index (κ2) is 10.5. The molecular formula is C23H26N2O8S. The van der Waals surface area contributed by atoms with Crippen LogP contribution >= 0.6 is 0 Å². The number of benzene rings is 2. The lowest BCUT2D eigenvalue weighted by Gasteiger charge is -2.29. The van der Waals surface area contributed by atoms with Crippen molar-refractivity contribution in [1.82, 2.24) is 10.6 Å². The largest absolute Gasteiger partial charge is 0.497 e. The molecule has 0 spiro atoms. The Labute approximate surface area is 197 Å². The van der Waals surface area contributed by atoms with Gasteiger partial charge in [0.15, 0.2) is 9.84 Å². The number of hydrogen-bond donors (Lipinski definition) is 2. The van der Waals surface area contributed by atoms with E-state index in [1.807, 2.05) is 0 Å². The molecule has 0 saturated heterocycles. The molecule has 1 heterocycles. The van der Waals surface area contributed by atoms with Gasteiger partial charge in [-0.1, -0.05) is 12.1 Å². The number of nitrogens with one attached hydrogen (secondary N) is 2. The quantitative estimate of drug-likeness (QED) is 0.513. The highest BCUT2D eigenvalue weighted by molar-refractivity contribution is 7.91. The van der Waals surface area contributed by atoms with Crippen LogP contribution in [0.4, 0.5) is 4.79 Å². The fraction of sp³-hybridized carbons (Fsp3) is 0.304. The number of amides is 2. The first-order valence-corrected chi connectivity index (χ1v) is 12.0. The molecular weight excluding hydrogens is 464 g/mol. The lowest BCUT2D eigenvalue weighted by Crippen LogP contribution is -2.47. The van der Waals surface area contributed by atoms with Crippen LogP contribution in [0.5, 0.6) is 17.2 Å². The third kappa shape index (κ3) is 5.25. The number of ether oxygens (including phenoxy) is 4. The summed E-state index contributed by atoms with van der Waals surface area (Å²) in [6.45, 7) is 1.69. The average Bonchev–Trinajstić information content (AvgIpc) is 2.83. The fourth-order valence-corrected chi connectivity index (χ4v) is 5.06. The van der Waals surface area contributed by atoms with E-state index in [1.165, 1.54) is 33.5 Å². The van der Waals surface area contributed by atoms with Crippen molar-refractivity contribution >= 4 is 21.8 Å². The Morgan fingerprint density at radius 2 is 1.71 bits per heavy atom. The molecule has 10 nitrogen and oxygen atoms in total. The van der Waals surface area contributed by atoms with E-state index in [0.29, 0.717) is 17.1 Å². The normalized spacial score (nSPS) is 15.8. The second-order valence-corrected chi connectivity index (χ2v) is 9.15. The molecule has 0 saturated carbocycles. The predicted octanol–water partition coefficient (Wildman–Crippen LogP) is 2.36. The summed E-state index contributed by atoms with van der Waals surface area (Å²) in [6, 6.07) is 9.47. The second-order valence-electron chi connectivity index (χ2n) is 7.20. The maximum Gasteiger partial charge on any atom is 0.338 e. The van der Waals surface area contributed by atoms with Crippen LogP contribution in [0, 0.1) is 0 Å². The van der Waals surface area contributed by atoms with Crippen LogP contribution < -0.4 is 24.8 Å². The zero-order chi connectivity index (χ0) is 24.9. The van der Waals surface area contributed by atoms with Gasteiger partial charge in [0, 0.05) is 11.8 Å². The summed E-state index contributed by atoms with van der Waals surface area (Å²) in [4.78, 5) is 25.3. The van der Waals surface area contributed by atoms with Gasteiger partial charge in [-0.15, -0.1) is 0 Å². The molecule has 2 amide bonds. The standard InChI is InChI=1S/C23H26N2O8S/c1-5-33-22(26)20-17(13-34(28,29)19-12-16(31-3)9-10-18(19)32-4)24-23(27)25-21(20)14-7-6-8-15(11-14)30-2/h6-12,21H,5,13H2,1-4H3,(H2,24,25,27). The van der Waals surface area contributed by atoms with E-state index in [2.05, 4.69) is 10.6 Å². The summed E-state index contributed by atoms with van der Waals surface area (Å²) < 4.78 is 47.6. The van der Waals surface area contributed by atoms with E-state index in [4.69, 9.17) is 18.9 Å². The molecule has 182 valence electrons. The van der Waals surface area contributed by atoms with Crippen LogP contribution in [0.2, 0.25) is 0 Å². The lowest BCUT2D eigenvalue weighted by molar-refractivity contribution is -0.139. The van der Waals surface area contributed by atoms with Gasteiger partial charge in [-0.2, -0.15) is 0 Å². The van der Waals surface area contributed by atoms with E-state index in [-0.39, 0.29) is 28.5 Å². The van der Waals surface area contributed by atoms with Crippen molar-refractivity contribution in [3.8, 4) is 17.2 Å². The molecule has 3 rings (SSSR count). The highest BCUT2D eigenvalue weighted by Crippen LogP contribution is 2.33. The maximum absolute atomic E-state index is 13.4. The van der Waals surface area contributed by atoms with Gasteiger partial charge in [0.25, 0.3) is 0 Å². The molecule has 0 radical (unpaired) electrons. The molecule has 0 bridgehead atoms. The number of esters is 1.